The van der Waals surface area contributed by atoms with E-state index < -0.39 is 17.1 Å². The molecule has 3 aromatic rings. The molecule has 0 bridgehead atoms. The SMILES string of the molecule is CC(C)(O)C(F)(F)c1cccc2c1nc(COCc1ccccc1)n2SF. The maximum atomic E-state index is 14.7. The van der Waals surface area contributed by atoms with Gasteiger partial charge >= 0.3 is 5.92 Å². The first-order valence-corrected chi connectivity index (χ1v) is 8.95. The van der Waals surface area contributed by atoms with Crippen molar-refractivity contribution in [3.63, 3.8) is 0 Å². The summed E-state index contributed by atoms with van der Waals surface area (Å²) in [4.78, 5) is 4.18. The predicted octanol–water partition coefficient (Wildman–Crippen LogP) is 5.00. The molecule has 1 N–H and O–H groups in total. The van der Waals surface area contributed by atoms with Crippen LogP contribution in [-0.4, -0.2) is 19.7 Å². The third kappa shape index (κ3) is 3.83. The Balaban J connectivity index is 1.94. The van der Waals surface area contributed by atoms with Crippen molar-refractivity contribution >= 4 is 23.4 Å². The molecular formula is C19H19F3N2O2S. The summed E-state index contributed by atoms with van der Waals surface area (Å²) in [6, 6.07) is 13.5. The molecule has 0 unspecified atom stereocenters. The number of alkyl halides is 2. The average molecular weight is 396 g/mol. The highest BCUT2D eigenvalue weighted by Crippen LogP contribution is 2.42. The van der Waals surface area contributed by atoms with Crippen molar-refractivity contribution in [2.75, 3.05) is 0 Å². The van der Waals surface area contributed by atoms with E-state index in [1.54, 1.807) is 0 Å². The summed E-state index contributed by atoms with van der Waals surface area (Å²) in [7, 11) is 0. The highest BCUT2D eigenvalue weighted by atomic mass is 32.2. The Morgan fingerprint density at radius 1 is 1.07 bits per heavy atom. The number of para-hydroxylation sites is 1. The van der Waals surface area contributed by atoms with Crippen molar-refractivity contribution in [3.05, 3.63) is 65.5 Å². The molecule has 0 aliphatic rings. The zero-order valence-corrected chi connectivity index (χ0v) is 15.6. The van der Waals surface area contributed by atoms with Gasteiger partial charge in [0.15, 0.2) is 12.3 Å². The third-order valence-corrected chi connectivity index (χ3v) is 4.77. The van der Waals surface area contributed by atoms with Gasteiger partial charge in [0.05, 0.1) is 23.2 Å². The molecule has 144 valence electrons. The van der Waals surface area contributed by atoms with Crippen LogP contribution in [0.5, 0.6) is 0 Å². The smallest absolute Gasteiger partial charge is 0.302 e. The lowest BCUT2D eigenvalue weighted by Gasteiger charge is -2.29. The van der Waals surface area contributed by atoms with Crippen LogP contribution in [0.3, 0.4) is 0 Å². The van der Waals surface area contributed by atoms with Crippen LogP contribution < -0.4 is 0 Å². The van der Waals surface area contributed by atoms with E-state index >= 15 is 0 Å². The molecule has 8 heteroatoms. The second-order valence-electron chi connectivity index (χ2n) is 6.68. The number of benzene rings is 2. The Kier molecular flexibility index (Phi) is 5.50. The number of hydrogen-bond donors (Lipinski definition) is 1. The van der Waals surface area contributed by atoms with Gasteiger partial charge in [0.1, 0.15) is 18.0 Å². The van der Waals surface area contributed by atoms with Gasteiger partial charge in [-0.2, -0.15) is 8.78 Å². The van der Waals surface area contributed by atoms with E-state index in [0.717, 1.165) is 23.4 Å². The summed E-state index contributed by atoms with van der Waals surface area (Å²) in [5, 5.41) is 9.87. The molecule has 3 rings (SSSR count). The molecule has 1 heterocycles. The summed E-state index contributed by atoms with van der Waals surface area (Å²) >= 11 is -0.129. The number of imidazole rings is 1. The summed E-state index contributed by atoms with van der Waals surface area (Å²) in [5.41, 5.74) is -1.68. The fourth-order valence-electron chi connectivity index (χ4n) is 2.71. The minimum absolute atomic E-state index is 0.0476. The minimum atomic E-state index is -3.56. The lowest BCUT2D eigenvalue weighted by Crippen LogP contribution is -2.40. The molecule has 0 amide bonds. The van der Waals surface area contributed by atoms with Gasteiger partial charge in [-0.25, -0.2) is 8.96 Å². The van der Waals surface area contributed by atoms with Crippen LogP contribution in [0.1, 0.15) is 30.8 Å². The number of halogens is 3. The lowest BCUT2D eigenvalue weighted by atomic mass is 9.92. The van der Waals surface area contributed by atoms with E-state index in [4.69, 9.17) is 4.74 Å². The molecular weight excluding hydrogens is 377 g/mol. The third-order valence-electron chi connectivity index (χ3n) is 4.23. The van der Waals surface area contributed by atoms with Gasteiger partial charge in [0.2, 0.25) is 0 Å². The number of aromatic nitrogens is 2. The first kappa shape index (κ1) is 19.7. The number of hydrogen-bond acceptors (Lipinski definition) is 4. The molecule has 4 nitrogen and oxygen atoms in total. The number of nitrogens with zero attached hydrogens (tertiary/aromatic N) is 2. The van der Waals surface area contributed by atoms with Crippen LogP contribution in [0.25, 0.3) is 11.0 Å². The van der Waals surface area contributed by atoms with Crippen LogP contribution in [0.15, 0.2) is 48.5 Å². The van der Waals surface area contributed by atoms with Crippen molar-refractivity contribution in [3.8, 4) is 0 Å². The highest BCUT2D eigenvalue weighted by Gasteiger charge is 2.48. The van der Waals surface area contributed by atoms with E-state index in [0.29, 0.717) is 0 Å². The van der Waals surface area contributed by atoms with Crippen molar-refractivity contribution in [1.82, 2.24) is 8.96 Å². The second-order valence-corrected chi connectivity index (χ2v) is 7.18. The first-order chi connectivity index (χ1) is 12.8. The quantitative estimate of drug-likeness (QED) is 0.611. The van der Waals surface area contributed by atoms with Crippen molar-refractivity contribution < 1.29 is 22.5 Å². The molecule has 2 aromatic carbocycles. The van der Waals surface area contributed by atoms with Crippen LogP contribution in [0.4, 0.5) is 12.7 Å². The first-order valence-electron chi connectivity index (χ1n) is 8.27. The Morgan fingerprint density at radius 2 is 1.78 bits per heavy atom. The molecule has 0 radical (unpaired) electrons. The van der Waals surface area contributed by atoms with Crippen LogP contribution in [-0.2, 0) is 23.9 Å². The fourth-order valence-corrected chi connectivity index (χ4v) is 3.11. The Bertz CT molecular complexity index is 924. The van der Waals surface area contributed by atoms with Gasteiger partial charge < -0.3 is 9.84 Å². The maximum Gasteiger partial charge on any atom is 0.302 e. The zero-order valence-electron chi connectivity index (χ0n) is 14.8. The largest absolute Gasteiger partial charge is 0.384 e. The minimum Gasteiger partial charge on any atom is -0.384 e. The Labute approximate surface area is 159 Å². The van der Waals surface area contributed by atoms with Gasteiger partial charge in [-0.05, 0) is 25.5 Å². The molecule has 0 saturated heterocycles. The van der Waals surface area contributed by atoms with E-state index in [9.17, 15) is 17.8 Å². The van der Waals surface area contributed by atoms with Gasteiger partial charge in [-0.15, -0.1) is 3.89 Å². The van der Waals surface area contributed by atoms with Crippen LogP contribution in [0.2, 0.25) is 0 Å². The van der Waals surface area contributed by atoms with Crippen molar-refractivity contribution in [1.29, 1.82) is 0 Å². The van der Waals surface area contributed by atoms with E-state index in [1.807, 2.05) is 30.3 Å². The molecule has 0 saturated carbocycles. The topological polar surface area (TPSA) is 47.3 Å². The van der Waals surface area contributed by atoms with Crippen molar-refractivity contribution in [2.45, 2.75) is 38.6 Å². The molecule has 0 fully saturated rings. The number of rotatable bonds is 7. The van der Waals surface area contributed by atoms with Gasteiger partial charge in [-0.3, -0.25) is 0 Å². The number of fused-ring (bicyclic) bond motifs is 1. The van der Waals surface area contributed by atoms with E-state index in [2.05, 4.69) is 4.98 Å². The Hall–Kier alpha value is -2.03. The molecule has 0 aliphatic heterocycles. The molecule has 0 atom stereocenters. The summed E-state index contributed by atoms with van der Waals surface area (Å²) < 4.78 is 49.6. The normalized spacial score (nSPS) is 12.7. The monoisotopic (exact) mass is 396 g/mol. The fraction of sp³-hybridized carbons (Fsp3) is 0.316. The summed E-state index contributed by atoms with van der Waals surface area (Å²) in [6.07, 6.45) is 0. The van der Waals surface area contributed by atoms with Gasteiger partial charge in [0, 0.05) is 0 Å². The molecule has 0 aliphatic carbocycles. The lowest BCUT2D eigenvalue weighted by molar-refractivity contribution is -0.167. The number of ether oxygens (including phenoxy) is 1. The maximum absolute atomic E-state index is 14.7. The zero-order chi connectivity index (χ0) is 19.7. The van der Waals surface area contributed by atoms with Crippen molar-refractivity contribution in [2.24, 2.45) is 0 Å². The summed E-state index contributed by atoms with van der Waals surface area (Å²) in [5.74, 6) is -3.39. The molecule has 27 heavy (non-hydrogen) atoms. The van der Waals surface area contributed by atoms with Gasteiger partial charge in [0.25, 0.3) is 0 Å². The second kappa shape index (κ2) is 7.53. The van der Waals surface area contributed by atoms with Crippen LogP contribution in [0, 0.1) is 0 Å². The molecule has 0 spiro atoms. The standard InChI is InChI=1S/C19H19F3N2O2S/c1-18(2,25)19(20,21)14-9-6-10-15-17(14)23-16(24(15)27-22)12-26-11-13-7-4-3-5-8-13/h3-10,25H,11-12H2,1-2H3. The van der Waals surface area contributed by atoms with E-state index in [1.165, 1.54) is 18.2 Å². The predicted molar refractivity (Wildman–Crippen MR) is 99.0 cm³/mol. The summed E-state index contributed by atoms with van der Waals surface area (Å²) in [6.45, 7) is 2.29. The van der Waals surface area contributed by atoms with Gasteiger partial charge in [-0.1, -0.05) is 42.5 Å². The average Bonchev–Trinajstić information content (AvgIpc) is 2.98. The van der Waals surface area contributed by atoms with E-state index in [-0.39, 0.29) is 42.4 Å². The Morgan fingerprint density at radius 3 is 2.41 bits per heavy atom. The number of aliphatic hydroxyl groups is 1. The molecule has 1 aromatic heterocycles. The van der Waals surface area contributed by atoms with Crippen LogP contribution >= 0.6 is 12.3 Å². The highest BCUT2D eigenvalue weighted by molar-refractivity contribution is 7.92.